The van der Waals surface area contributed by atoms with Gasteiger partial charge in [0.05, 0.1) is 12.5 Å². The second-order valence-electron chi connectivity index (χ2n) is 3.84. The first-order valence-electron chi connectivity index (χ1n) is 5.73. The second-order valence-corrected chi connectivity index (χ2v) is 4.75. The van der Waals surface area contributed by atoms with E-state index in [1.165, 1.54) is 0 Å². The van der Waals surface area contributed by atoms with Gasteiger partial charge < -0.3 is 10.1 Å². The second kappa shape index (κ2) is 7.45. The Labute approximate surface area is 111 Å². The Morgan fingerprint density at radius 1 is 1.41 bits per heavy atom. The van der Waals surface area contributed by atoms with Crippen molar-refractivity contribution in [1.29, 1.82) is 0 Å². The Morgan fingerprint density at radius 3 is 2.59 bits per heavy atom. The summed E-state index contributed by atoms with van der Waals surface area (Å²) in [5.41, 5.74) is 1.14. The zero-order valence-electron chi connectivity index (χ0n) is 10.2. The smallest absolute Gasteiger partial charge is 0.310 e. The van der Waals surface area contributed by atoms with Crippen LogP contribution < -0.4 is 5.32 Å². The van der Waals surface area contributed by atoms with Gasteiger partial charge in [-0.15, -0.1) is 0 Å². The molecule has 0 aliphatic carbocycles. The third kappa shape index (κ3) is 4.88. The Bertz CT molecular complexity index is 351. The van der Waals surface area contributed by atoms with Crippen LogP contribution in [0.1, 0.15) is 12.5 Å². The van der Waals surface area contributed by atoms with Crippen molar-refractivity contribution in [3.05, 3.63) is 34.3 Å². The maximum Gasteiger partial charge on any atom is 0.310 e. The summed E-state index contributed by atoms with van der Waals surface area (Å²) in [6.07, 6.45) is 0.701. The summed E-state index contributed by atoms with van der Waals surface area (Å²) in [6.45, 7) is 2.89. The molecule has 0 unspecified atom stereocenters. The molecular weight excluding hydrogens is 282 g/mol. The number of ether oxygens (including phenoxy) is 1. The topological polar surface area (TPSA) is 38.3 Å². The third-order valence-corrected chi connectivity index (χ3v) is 2.99. The van der Waals surface area contributed by atoms with Crippen LogP contribution in [0.2, 0.25) is 0 Å². The molecule has 0 fully saturated rings. The maximum absolute atomic E-state index is 11.7. The van der Waals surface area contributed by atoms with E-state index >= 15 is 0 Å². The van der Waals surface area contributed by atoms with Crippen LogP contribution in [-0.2, 0) is 16.0 Å². The standard InChI is InChI=1S/C13H18BrNO2/c1-3-17-13(16)11(9-15-2)8-10-4-6-12(14)7-5-10/h4-7,11,15H,3,8-9H2,1-2H3/t11-/m1/s1. The first kappa shape index (κ1) is 14.2. The minimum absolute atomic E-state index is 0.124. The summed E-state index contributed by atoms with van der Waals surface area (Å²) < 4.78 is 6.11. The van der Waals surface area contributed by atoms with Gasteiger partial charge in [-0.25, -0.2) is 0 Å². The average Bonchev–Trinajstić information content (AvgIpc) is 2.31. The number of hydrogen-bond donors (Lipinski definition) is 1. The van der Waals surface area contributed by atoms with Gasteiger partial charge in [0.1, 0.15) is 0 Å². The van der Waals surface area contributed by atoms with Crippen molar-refractivity contribution in [1.82, 2.24) is 5.32 Å². The van der Waals surface area contributed by atoms with Crippen molar-refractivity contribution < 1.29 is 9.53 Å². The van der Waals surface area contributed by atoms with E-state index in [0.717, 1.165) is 10.0 Å². The number of carbonyl (C=O) groups excluding carboxylic acids is 1. The molecule has 0 spiro atoms. The molecule has 0 aliphatic heterocycles. The van der Waals surface area contributed by atoms with Gasteiger partial charge in [0.15, 0.2) is 0 Å². The number of hydrogen-bond acceptors (Lipinski definition) is 3. The molecule has 0 heterocycles. The van der Waals surface area contributed by atoms with Crippen molar-refractivity contribution in [3.63, 3.8) is 0 Å². The molecule has 94 valence electrons. The minimum Gasteiger partial charge on any atom is -0.466 e. The van der Waals surface area contributed by atoms with Gasteiger partial charge in [-0.2, -0.15) is 0 Å². The van der Waals surface area contributed by atoms with E-state index in [2.05, 4.69) is 21.2 Å². The molecule has 4 heteroatoms. The van der Waals surface area contributed by atoms with Crippen molar-refractivity contribution >= 4 is 21.9 Å². The van der Waals surface area contributed by atoms with Gasteiger partial charge in [-0.1, -0.05) is 28.1 Å². The molecule has 0 saturated carbocycles. The quantitative estimate of drug-likeness (QED) is 0.820. The summed E-state index contributed by atoms with van der Waals surface area (Å²) in [6, 6.07) is 8.01. The summed E-state index contributed by atoms with van der Waals surface area (Å²) in [4.78, 5) is 11.7. The van der Waals surface area contributed by atoms with E-state index in [4.69, 9.17) is 4.74 Å². The fourth-order valence-corrected chi connectivity index (χ4v) is 1.91. The highest BCUT2D eigenvalue weighted by Gasteiger charge is 2.19. The van der Waals surface area contributed by atoms with Crippen LogP contribution in [0.3, 0.4) is 0 Å². The third-order valence-electron chi connectivity index (χ3n) is 2.47. The van der Waals surface area contributed by atoms with Gasteiger partial charge in [0.2, 0.25) is 0 Å². The van der Waals surface area contributed by atoms with E-state index in [0.29, 0.717) is 19.6 Å². The van der Waals surface area contributed by atoms with Crippen LogP contribution >= 0.6 is 15.9 Å². The minimum atomic E-state index is -0.134. The summed E-state index contributed by atoms with van der Waals surface area (Å²) >= 11 is 3.39. The molecule has 0 radical (unpaired) electrons. The van der Waals surface area contributed by atoms with Crippen molar-refractivity contribution in [2.24, 2.45) is 5.92 Å². The van der Waals surface area contributed by atoms with Crippen LogP contribution in [-0.4, -0.2) is 26.2 Å². The lowest BCUT2D eigenvalue weighted by Crippen LogP contribution is -2.29. The molecule has 0 amide bonds. The highest BCUT2D eigenvalue weighted by atomic mass is 79.9. The normalized spacial score (nSPS) is 12.2. The van der Waals surface area contributed by atoms with Crippen LogP contribution in [0.25, 0.3) is 0 Å². The van der Waals surface area contributed by atoms with Crippen molar-refractivity contribution in [3.8, 4) is 0 Å². The number of rotatable bonds is 6. The molecule has 1 atom stereocenters. The Kier molecular flexibility index (Phi) is 6.22. The molecule has 1 rings (SSSR count). The fraction of sp³-hybridized carbons (Fsp3) is 0.462. The number of esters is 1. The molecule has 3 nitrogen and oxygen atoms in total. The molecule has 17 heavy (non-hydrogen) atoms. The van der Waals surface area contributed by atoms with Gasteiger partial charge in [0, 0.05) is 11.0 Å². The number of halogens is 1. The van der Waals surface area contributed by atoms with Crippen LogP contribution in [0.5, 0.6) is 0 Å². The highest BCUT2D eigenvalue weighted by Crippen LogP contribution is 2.14. The largest absolute Gasteiger partial charge is 0.466 e. The van der Waals surface area contributed by atoms with Crippen molar-refractivity contribution in [2.75, 3.05) is 20.2 Å². The Hall–Kier alpha value is -0.870. The number of benzene rings is 1. The SMILES string of the molecule is CCOC(=O)[C@@H](CNC)Cc1ccc(Br)cc1. The predicted molar refractivity (Wildman–Crippen MR) is 71.9 cm³/mol. The van der Waals surface area contributed by atoms with Crippen LogP contribution in [0, 0.1) is 5.92 Å². The molecule has 1 aromatic carbocycles. The first-order chi connectivity index (χ1) is 8.17. The first-order valence-corrected chi connectivity index (χ1v) is 6.52. The lowest BCUT2D eigenvalue weighted by Gasteiger charge is -2.15. The van der Waals surface area contributed by atoms with Gasteiger partial charge in [0.25, 0.3) is 0 Å². The van der Waals surface area contributed by atoms with E-state index in [9.17, 15) is 4.79 Å². The molecule has 0 bridgehead atoms. The molecule has 0 aliphatic rings. The Morgan fingerprint density at radius 2 is 2.06 bits per heavy atom. The number of nitrogens with one attached hydrogen (secondary N) is 1. The molecule has 0 saturated heterocycles. The van der Waals surface area contributed by atoms with E-state index in [-0.39, 0.29) is 11.9 Å². The highest BCUT2D eigenvalue weighted by molar-refractivity contribution is 9.10. The van der Waals surface area contributed by atoms with Crippen LogP contribution in [0.4, 0.5) is 0 Å². The van der Waals surface area contributed by atoms with Crippen molar-refractivity contribution in [2.45, 2.75) is 13.3 Å². The average molecular weight is 300 g/mol. The van der Waals surface area contributed by atoms with E-state index in [1.54, 1.807) is 0 Å². The summed E-state index contributed by atoms with van der Waals surface area (Å²) in [7, 11) is 1.84. The molecule has 0 aromatic heterocycles. The van der Waals surface area contributed by atoms with Gasteiger partial charge in [-0.3, -0.25) is 4.79 Å². The molecule has 1 aromatic rings. The lowest BCUT2D eigenvalue weighted by atomic mass is 9.99. The van der Waals surface area contributed by atoms with E-state index < -0.39 is 0 Å². The fourth-order valence-electron chi connectivity index (χ4n) is 1.65. The monoisotopic (exact) mass is 299 g/mol. The van der Waals surface area contributed by atoms with Crippen LogP contribution in [0.15, 0.2) is 28.7 Å². The maximum atomic E-state index is 11.7. The predicted octanol–water partition coefficient (Wildman–Crippen LogP) is 2.39. The summed E-state index contributed by atoms with van der Waals surface area (Å²) in [5.74, 6) is -0.258. The molecular formula is C13H18BrNO2. The number of carbonyl (C=O) groups is 1. The lowest BCUT2D eigenvalue weighted by molar-refractivity contribution is -0.147. The Balaban J connectivity index is 2.65. The molecule has 1 N–H and O–H groups in total. The van der Waals surface area contributed by atoms with Gasteiger partial charge >= 0.3 is 5.97 Å². The summed E-state index contributed by atoms with van der Waals surface area (Å²) in [5, 5.41) is 3.03. The zero-order chi connectivity index (χ0) is 12.7. The van der Waals surface area contributed by atoms with E-state index in [1.807, 2.05) is 38.2 Å². The van der Waals surface area contributed by atoms with Gasteiger partial charge in [-0.05, 0) is 38.1 Å². The zero-order valence-corrected chi connectivity index (χ0v) is 11.8.